The van der Waals surface area contributed by atoms with Crippen molar-refractivity contribution in [3.63, 3.8) is 0 Å². The zero-order chi connectivity index (χ0) is 25.6. The summed E-state index contributed by atoms with van der Waals surface area (Å²) in [5, 5.41) is 8.27. The molecule has 0 fully saturated rings. The van der Waals surface area contributed by atoms with Gasteiger partial charge in [-0.15, -0.1) is 0 Å². The molecule has 188 valence electrons. The van der Waals surface area contributed by atoms with E-state index in [2.05, 4.69) is 58.4 Å². The number of nitrogens with zero attached hydrogens (tertiary/aromatic N) is 5. The van der Waals surface area contributed by atoms with Crippen molar-refractivity contribution in [3.05, 3.63) is 102 Å². The summed E-state index contributed by atoms with van der Waals surface area (Å²) >= 11 is 0. The van der Waals surface area contributed by atoms with Crippen LogP contribution in [-0.4, -0.2) is 43.6 Å². The summed E-state index contributed by atoms with van der Waals surface area (Å²) in [6, 6.07) is 17.7. The van der Waals surface area contributed by atoms with Crippen LogP contribution in [0.25, 0.3) is 22.3 Å². The smallest absolute Gasteiger partial charge is 0.252 e. The molecule has 0 bridgehead atoms. The van der Waals surface area contributed by atoms with E-state index in [0.717, 1.165) is 36.5 Å². The number of aromatic nitrogens is 4. The molecule has 0 unspecified atom stereocenters. The first-order valence-corrected chi connectivity index (χ1v) is 12.5. The molecule has 1 amide bonds. The van der Waals surface area contributed by atoms with Gasteiger partial charge in [0.15, 0.2) is 5.65 Å². The fourth-order valence-electron chi connectivity index (χ4n) is 4.31. The van der Waals surface area contributed by atoms with Crippen molar-refractivity contribution in [2.24, 2.45) is 0 Å². The Morgan fingerprint density at radius 3 is 2.54 bits per heavy atom. The van der Waals surface area contributed by atoms with Crippen LogP contribution in [-0.2, 0) is 19.6 Å². The highest BCUT2D eigenvalue weighted by atomic mass is 16.3. The molecule has 4 aromatic heterocycles. The lowest BCUT2D eigenvalue weighted by atomic mass is 10.1. The van der Waals surface area contributed by atoms with Gasteiger partial charge in [0.25, 0.3) is 5.91 Å². The number of fused-ring (bicyclic) bond motifs is 1. The third-order valence-corrected chi connectivity index (χ3v) is 6.47. The maximum absolute atomic E-state index is 13.4. The number of furan rings is 1. The second kappa shape index (κ2) is 11.2. The van der Waals surface area contributed by atoms with Crippen molar-refractivity contribution in [2.45, 2.75) is 33.5 Å². The van der Waals surface area contributed by atoms with E-state index in [0.29, 0.717) is 35.4 Å². The van der Waals surface area contributed by atoms with Crippen LogP contribution in [0, 0.1) is 0 Å². The molecule has 5 aromatic rings. The Morgan fingerprint density at radius 1 is 1.03 bits per heavy atom. The molecule has 0 aliphatic heterocycles. The molecule has 0 saturated heterocycles. The molecule has 0 aliphatic rings. The molecular weight excluding hydrogens is 464 g/mol. The summed E-state index contributed by atoms with van der Waals surface area (Å²) in [5.74, 6) is 0.580. The highest BCUT2D eigenvalue weighted by Crippen LogP contribution is 2.25. The molecule has 4 heterocycles. The number of hydrogen-bond acceptors (Lipinski definition) is 6. The molecule has 0 radical (unpaired) electrons. The minimum absolute atomic E-state index is 0.178. The fourth-order valence-corrected chi connectivity index (χ4v) is 4.31. The lowest BCUT2D eigenvalue weighted by Gasteiger charge is -2.18. The number of amides is 1. The van der Waals surface area contributed by atoms with E-state index in [1.165, 1.54) is 5.56 Å². The molecule has 0 saturated carbocycles. The van der Waals surface area contributed by atoms with Gasteiger partial charge in [0, 0.05) is 31.0 Å². The van der Waals surface area contributed by atoms with Gasteiger partial charge < -0.3 is 9.73 Å². The number of nitrogens with one attached hydrogen (secondary N) is 1. The predicted octanol–water partition coefficient (Wildman–Crippen LogP) is 4.91. The zero-order valence-corrected chi connectivity index (χ0v) is 21.1. The monoisotopic (exact) mass is 494 g/mol. The predicted molar refractivity (Wildman–Crippen MR) is 143 cm³/mol. The van der Waals surface area contributed by atoms with Crippen molar-refractivity contribution in [1.82, 2.24) is 30.0 Å². The van der Waals surface area contributed by atoms with E-state index < -0.39 is 0 Å². The van der Waals surface area contributed by atoms with E-state index in [-0.39, 0.29) is 5.91 Å². The molecule has 0 atom stereocenters. The number of pyridine rings is 2. The summed E-state index contributed by atoms with van der Waals surface area (Å²) in [7, 11) is 0. The van der Waals surface area contributed by atoms with Gasteiger partial charge in [0.2, 0.25) is 0 Å². The first-order valence-electron chi connectivity index (χ1n) is 12.5. The first kappa shape index (κ1) is 24.4. The minimum atomic E-state index is -0.178. The van der Waals surface area contributed by atoms with Crippen molar-refractivity contribution < 1.29 is 9.21 Å². The van der Waals surface area contributed by atoms with Gasteiger partial charge in [-0.3, -0.25) is 14.7 Å². The van der Waals surface area contributed by atoms with Gasteiger partial charge in [-0.1, -0.05) is 38.1 Å². The highest BCUT2D eigenvalue weighted by Gasteiger charge is 2.18. The number of carbonyl (C=O) groups is 1. The summed E-state index contributed by atoms with van der Waals surface area (Å²) in [6.07, 6.45) is 6.77. The van der Waals surface area contributed by atoms with E-state index in [1.807, 2.05) is 24.3 Å². The summed E-state index contributed by atoms with van der Waals surface area (Å²) < 4.78 is 7.25. The van der Waals surface area contributed by atoms with E-state index in [1.54, 1.807) is 35.6 Å². The van der Waals surface area contributed by atoms with Gasteiger partial charge in [-0.2, -0.15) is 5.10 Å². The average Bonchev–Trinajstić information content (AvgIpc) is 3.61. The number of carbonyl (C=O) groups excluding carboxylic acids is 1. The maximum Gasteiger partial charge on any atom is 0.252 e. The topological polar surface area (TPSA) is 89.1 Å². The number of rotatable bonds is 10. The fraction of sp³-hybridized carbons (Fsp3) is 0.241. The van der Waals surface area contributed by atoms with Crippen LogP contribution in [0.3, 0.4) is 0 Å². The Balaban J connectivity index is 1.40. The Bertz CT molecular complexity index is 1460. The van der Waals surface area contributed by atoms with Gasteiger partial charge in [-0.05, 0) is 54.5 Å². The molecule has 1 aromatic carbocycles. The Hall–Kier alpha value is -4.30. The molecule has 37 heavy (non-hydrogen) atoms. The third-order valence-electron chi connectivity index (χ3n) is 6.47. The Morgan fingerprint density at radius 2 is 1.84 bits per heavy atom. The molecule has 1 N–H and O–H groups in total. The Labute approximate surface area is 216 Å². The van der Waals surface area contributed by atoms with Crippen LogP contribution in [0.2, 0.25) is 0 Å². The van der Waals surface area contributed by atoms with E-state index >= 15 is 0 Å². The van der Waals surface area contributed by atoms with Gasteiger partial charge in [-0.25, -0.2) is 9.67 Å². The zero-order valence-electron chi connectivity index (χ0n) is 21.1. The molecule has 0 spiro atoms. The molecule has 5 rings (SSSR count). The third kappa shape index (κ3) is 5.59. The van der Waals surface area contributed by atoms with Crippen molar-refractivity contribution in [2.75, 3.05) is 13.1 Å². The lowest BCUT2D eigenvalue weighted by molar-refractivity contribution is 0.0952. The van der Waals surface area contributed by atoms with Crippen LogP contribution in [0.15, 0.2) is 83.9 Å². The maximum atomic E-state index is 13.4. The Kier molecular flexibility index (Phi) is 7.37. The summed E-state index contributed by atoms with van der Waals surface area (Å²) in [4.78, 5) is 24.8. The van der Waals surface area contributed by atoms with Crippen LogP contribution in [0.5, 0.6) is 0 Å². The molecule has 8 nitrogen and oxygen atoms in total. The van der Waals surface area contributed by atoms with Crippen molar-refractivity contribution in [1.29, 1.82) is 0 Å². The van der Waals surface area contributed by atoms with Crippen molar-refractivity contribution in [3.8, 4) is 11.3 Å². The molecule has 8 heteroatoms. The summed E-state index contributed by atoms with van der Waals surface area (Å²) in [5.41, 5.74) is 4.93. The van der Waals surface area contributed by atoms with Crippen LogP contribution in [0.4, 0.5) is 0 Å². The normalized spacial score (nSPS) is 11.3. The van der Waals surface area contributed by atoms with Gasteiger partial charge >= 0.3 is 0 Å². The second-order valence-electron chi connectivity index (χ2n) is 8.88. The quantitative estimate of drug-likeness (QED) is 0.297. The van der Waals surface area contributed by atoms with Crippen LogP contribution < -0.4 is 5.32 Å². The second-order valence-corrected chi connectivity index (χ2v) is 8.88. The first-order chi connectivity index (χ1) is 18.1. The van der Waals surface area contributed by atoms with E-state index in [9.17, 15) is 4.79 Å². The van der Waals surface area contributed by atoms with Gasteiger partial charge in [0.05, 0.1) is 29.1 Å². The van der Waals surface area contributed by atoms with Crippen LogP contribution >= 0.6 is 0 Å². The molecule has 0 aliphatic carbocycles. The number of benzene rings is 1. The van der Waals surface area contributed by atoms with E-state index in [4.69, 9.17) is 9.40 Å². The number of hydrogen-bond donors (Lipinski definition) is 1. The van der Waals surface area contributed by atoms with Crippen LogP contribution in [0.1, 0.15) is 41.1 Å². The van der Waals surface area contributed by atoms with Crippen molar-refractivity contribution >= 4 is 16.9 Å². The highest BCUT2D eigenvalue weighted by molar-refractivity contribution is 6.06. The standard InChI is InChI=1S/C29H30N6O2/c1-3-34(4-2)19-22-11-9-21(10-12-22)16-31-29(36)25-15-27(23-7-5-13-30-17-23)33-28-26(25)18-32-35(28)20-24-8-6-14-37-24/h5-15,17-18H,3-4,16,19-20H2,1-2H3,(H,31,36). The average molecular weight is 495 g/mol. The summed E-state index contributed by atoms with van der Waals surface area (Å²) in [6.45, 7) is 8.15. The minimum Gasteiger partial charge on any atom is -0.467 e. The molecular formula is C29H30N6O2. The lowest BCUT2D eigenvalue weighted by Crippen LogP contribution is -2.23. The SMILES string of the molecule is CCN(CC)Cc1ccc(CNC(=O)c2cc(-c3cccnc3)nc3c2cnn3Cc2ccco2)cc1. The van der Waals surface area contributed by atoms with Gasteiger partial charge in [0.1, 0.15) is 12.3 Å². The largest absolute Gasteiger partial charge is 0.467 e.